The number of hydrogen-bond acceptors (Lipinski definition) is 6. The lowest BCUT2D eigenvalue weighted by molar-refractivity contribution is -0.274. The quantitative estimate of drug-likeness (QED) is 0.209. The molecule has 1 aromatic heterocycles. The average Bonchev–Trinajstić information content (AvgIpc) is 2.99. The van der Waals surface area contributed by atoms with Gasteiger partial charge in [0.05, 0.1) is 5.69 Å². The lowest BCUT2D eigenvalue weighted by Crippen LogP contribution is -2.31. The summed E-state index contributed by atoms with van der Waals surface area (Å²) in [4.78, 5) is 24.4. The molecule has 7 nitrogen and oxygen atoms in total. The maximum Gasteiger partial charge on any atom is 0.573 e. The van der Waals surface area contributed by atoms with E-state index in [0.29, 0.717) is 28.5 Å². The average molecular weight is 590 g/mol. The molecular weight excluding hydrogens is 555 g/mol. The summed E-state index contributed by atoms with van der Waals surface area (Å²) in [5.74, 6) is -0.193. The number of aromatic nitrogens is 2. The van der Waals surface area contributed by atoms with Gasteiger partial charge >= 0.3 is 6.36 Å². The highest BCUT2D eigenvalue weighted by Gasteiger charge is 2.31. The number of aryl methyl sites for hydroxylation is 2. The van der Waals surface area contributed by atoms with E-state index in [0.717, 1.165) is 42.9 Å². The van der Waals surface area contributed by atoms with Crippen LogP contribution in [0.25, 0.3) is 11.3 Å². The summed E-state index contributed by atoms with van der Waals surface area (Å²) in [6.07, 6.45) is 1.68. The van der Waals surface area contributed by atoms with E-state index < -0.39 is 6.36 Å². The van der Waals surface area contributed by atoms with Gasteiger partial charge in [-0.1, -0.05) is 18.6 Å². The highest BCUT2D eigenvalue weighted by Crippen LogP contribution is 2.28. The van der Waals surface area contributed by atoms with Crippen LogP contribution in [0.5, 0.6) is 5.75 Å². The molecule has 0 bridgehead atoms. The van der Waals surface area contributed by atoms with Gasteiger partial charge in [-0.3, -0.25) is 4.79 Å². The molecule has 0 radical (unpaired) electrons. The normalized spacial score (nSPS) is 13.9. The fraction of sp³-hybridized carbons (Fsp3) is 0.303. The molecule has 3 aromatic carbocycles. The van der Waals surface area contributed by atoms with E-state index in [1.165, 1.54) is 49.1 Å². The Morgan fingerprint density at radius 2 is 1.65 bits per heavy atom. The second kappa shape index (κ2) is 13.2. The number of amides is 1. The van der Waals surface area contributed by atoms with Crippen molar-refractivity contribution in [2.75, 3.05) is 30.3 Å². The Morgan fingerprint density at radius 3 is 2.35 bits per heavy atom. The lowest BCUT2D eigenvalue weighted by Gasteiger charge is -2.26. The number of carbonyl (C=O) groups is 1. The molecule has 1 fully saturated rings. The molecule has 0 spiro atoms. The van der Waals surface area contributed by atoms with Gasteiger partial charge in [0.2, 0.25) is 5.95 Å². The van der Waals surface area contributed by atoms with Crippen molar-refractivity contribution in [2.45, 2.75) is 45.9 Å². The van der Waals surface area contributed by atoms with Crippen molar-refractivity contribution in [3.05, 3.63) is 95.2 Å². The summed E-state index contributed by atoms with van der Waals surface area (Å²) >= 11 is 0. The molecule has 4 aromatic rings. The van der Waals surface area contributed by atoms with Crippen LogP contribution in [0, 0.1) is 13.8 Å². The van der Waals surface area contributed by atoms with E-state index in [1.54, 1.807) is 30.5 Å². The van der Waals surface area contributed by atoms with Crippen LogP contribution in [0.1, 0.15) is 46.3 Å². The summed E-state index contributed by atoms with van der Waals surface area (Å²) in [7, 11) is 0. The maximum atomic E-state index is 13.1. The second-order valence-electron chi connectivity index (χ2n) is 10.8. The van der Waals surface area contributed by atoms with E-state index in [2.05, 4.69) is 48.4 Å². The van der Waals surface area contributed by atoms with E-state index in [4.69, 9.17) is 0 Å². The molecule has 1 aliphatic rings. The van der Waals surface area contributed by atoms with Crippen LogP contribution in [-0.2, 0) is 6.42 Å². The van der Waals surface area contributed by atoms with Crippen LogP contribution in [-0.4, -0.2) is 46.8 Å². The van der Waals surface area contributed by atoms with E-state index in [-0.39, 0.29) is 11.7 Å². The third-order valence-electron chi connectivity index (χ3n) is 7.45. The monoisotopic (exact) mass is 589 g/mol. The Labute approximate surface area is 249 Å². The molecule has 2 heterocycles. The zero-order valence-corrected chi connectivity index (χ0v) is 24.2. The third-order valence-corrected chi connectivity index (χ3v) is 7.45. The van der Waals surface area contributed by atoms with Crippen molar-refractivity contribution in [3.63, 3.8) is 0 Å². The maximum absolute atomic E-state index is 13.1. The van der Waals surface area contributed by atoms with Gasteiger partial charge in [-0.2, -0.15) is 0 Å². The van der Waals surface area contributed by atoms with Crippen LogP contribution in [0.4, 0.5) is 30.5 Å². The number of nitrogens with one attached hydrogen (secondary N) is 2. The number of piperidine rings is 1. The van der Waals surface area contributed by atoms with Crippen molar-refractivity contribution < 1.29 is 22.7 Å². The van der Waals surface area contributed by atoms with Crippen LogP contribution in [0.2, 0.25) is 0 Å². The second-order valence-corrected chi connectivity index (χ2v) is 10.8. The number of rotatable bonds is 9. The van der Waals surface area contributed by atoms with Crippen molar-refractivity contribution in [3.8, 4) is 17.0 Å². The van der Waals surface area contributed by atoms with Gasteiger partial charge in [-0.15, -0.1) is 13.2 Å². The molecule has 0 unspecified atom stereocenters. The third kappa shape index (κ3) is 8.32. The lowest BCUT2D eigenvalue weighted by atomic mass is 10.1. The van der Waals surface area contributed by atoms with Gasteiger partial charge in [0.15, 0.2) is 0 Å². The Hall–Kier alpha value is -4.44. The van der Waals surface area contributed by atoms with Crippen molar-refractivity contribution in [1.29, 1.82) is 0 Å². The molecule has 1 saturated heterocycles. The Balaban J connectivity index is 1.21. The zero-order chi connectivity index (χ0) is 30.4. The number of anilines is 3. The number of halogens is 3. The van der Waals surface area contributed by atoms with Crippen LogP contribution in [0.3, 0.4) is 0 Å². The topological polar surface area (TPSA) is 79.4 Å². The minimum atomic E-state index is -4.75. The van der Waals surface area contributed by atoms with Crippen LogP contribution in [0.15, 0.2) is 72.9 Å². The Morgan fingerprint density at radius 1 is 0.930 bits per heavy atom. The number of benzene rings is 3. The smallest absolute Gasteiger partial charge is 0.406 e. The minimum Gasteiger partial charge on any atom is -0.406 e. The van der Waals surface area contributed by atoms with Crippen LogP contribution < -0.4 is 15.4 Å². The molecule has 1 aliphatic heterocycles. The number of hydrogen-bond donors (Lipinski definition) is 2. The highest BCUT2D eigenvalue weighted by atomic mass is 19.4. The SMILES string of the molecule is Cc1ccc(CCN2CCCCC2)cc1NC(=O)c1ccc(Nc2ncc(C)c(-c3ccc(OC(F)(F)F)cc3)n2)cc1. The Bertz CT molecular complexity index is 1550. The highest BCUT2D eigenvalue weighted by molar-refractivity contribution is 6.04. The minimum absolute atomic E-state index is 0.199. The van der Waals surface area contributed by atoms with E-state index in [1.807, 2.05) is 13.8 Å². The first-order chi connectivity index (χ1) is 20.6. The van der Waals surface area contributed by atoms with Gasteiger partial charge in [0.1, 0.15) is 5.75 Å². The van der Waals surface area contributed by atoms with Gasteiger partial charge in [-0.25, -0.2) is 9.97 Å². The molecule has 10 heteroatoms. The molecule has 224 valence electrons. The first-order valence-electron chi connectivity index (χ1n) is 14.3. The Kier molecular flexibility index (Phi) is 9.25. The van der Waals surface area contributed by atoms with Crippen LogP contribution >= 0.6 is 0 Å². The number of alkyl halides is 3. The number of ether oxygens (including phenoxy) is 1. The summed E-state index contributed by atoms with van der Waals surface area (Å²) in [6.45, 7) is 7.15. The zero-order valence-electron chi connectivity index (χ0n) is 24.2. The largest absolute Gasteiger partial charge is 0.573 e. The van der Waals surface area contributed by atoms with Crippen molar-refractivity contribution in [2.24, 2.45) is 0 Å². The van der Waals surface area contributed by atoms with Gasteiger partial charge < -0.3 is 20.3 Å². The number of likely N-dealkylation sites (tertiary alicyclic amines) is 1. The first kappa shape index (κ1) is 30.0. The standard InChI is InChI=1S/C33H34F3N5O2/c1-22-6-7-24(16-19-41-17-4-3-5-18-41)20-29(22)39-31(42)26-8-12-27(13-9-26)38-32-37-21-23(2)30(40-32)25-10-14-28(15-11-25)43-33(34,35)36/h6-15,20-21H,3-5,16-19H2,1-2H3,(H,39,42)(H,37,38,40). The van der Waals surface area contributed by atoms with Gasteiger partial charge in [0, 0.05) is 35.2 Å². The molecule has 43 heavy (non-hydrogen) atoms. The van der Waals surface area contributed by atoms with Gasteiger partial charge in [0.25, 0.3) is 5.91 Å². The number of carbonyl (C=O) groups excluding carboxylic acids is 1. The van der Waals surface area contributed by atoms with Crippen molar-refractivity contribution >= 4 is 23.2 Å². The summed E-state index contributed by atoms with van der Waals surface area (Å²) in [5, 5.41) is 6.18. The predicted molar refractivity (Wildman–Crippen MR) is 162 cm³/mol. The number of nitrogens with zero attached hydrogens (tertiary/aromatic N) is 3. The molecule has 2 N–H and O–H groups in total. The molecule has 0 atom stereocenters. The molecule has 5 rings (SSSR count). The molecule has 0 aliphatic carbocycles. The van der Waals surface area contributed by atoms with E-state index in [9.17, 15) is 18.0 Å². The van der Waals surface area contributed by atoms with E-state index >= 15 is 0 Å². The summed E-state index contributed by atoms with van der Waals surface area (Å²) in [6, 6.07) is 18.7. The van der Waals surface area contributed by atoms with Gasteiger partial charge in [-0.05, 0) is 117 Å². The first-order valence-corrected chi connectivity index (χ1v) is 14.3. The predicted octanol–water partition coefficient (Wildman–Crippen LogP) is 7.68. The summed E-state index contributed by atoms with van der Waals surface area (Å²) in [5.41, 5.74) is 6.15. The van der Waals surface area contributed by atoms with Crippen molar-refractivity contribution in [1.82, 2.24) is 14.9 Å². The fourth-order valence-electron chi connectivity index (χ4n) is 5.07. The summed E-state index contributed by atoms with van der Waals surface area (Å²) < 4.78 is 41.4. The fourth-order valence-corrected chi connectivity index (χ4v) is 5.07. The molecular formula is C33H34F3N5O2. The molecule has 1 amide bonds. The molecule has 0 saturated carbocycles.